The van der Waals surface area contributed by atoms with E-state index in [1.54, 1.807) is 7.11 Å². The topological polar surface area (TPSA) is 42.0 Å². The summed E-state index contributed by atoms with van der Waals surface area (Å²) in [6.07, 6.45) is 11.0. The van der Waals surface area contributed by atoms with Gasteiger partial charge < -0.3 is 14.4 Å². The van der Waals surface area contributed by atoms with Crippen molar-refractivity contribution in [1.29, 1.82) is 0 Å². The zero-order valence-corrected chi connectivity index (χ0v) is 18.9. The Kier molecular flexibility index (Phi) is 6.87. The summed E-state index contributed by atoms with van der Waals surface area (Å²) in [6.45, 7) is 6.52. The van der Waals surface area contributed by atoms with Crippen molar-refractivity contribution in [2.45, 2.75) is 77.3 Å². The van der Waals surface area contributed by atoms with Crippen molar-refractivity contribution >= 4 is 11.6 Å². The van der Waals surface area contributed by atoms with Crippen LogP contribution in [0.3, 0.4) is 0 Å². The molecule has 30 heavy (non-hydrogen) atoms. The summed E-state index contributed by atoms with van der Waals surface area (Å²) in [5.41, 5.74) is 0.843. The van der Waals surface area contributed by atoms with Gasteiger partial charge in [-0.15, -0.1) is 0 Å². The number of fused-ring (bicyclic) bond motifs is 3. The first-order valence-electron chi connectivity index (χ1n) is 12.0. The lowest BCUT2D eigenvalue weighted by atomic mass is 9.86. The molecule has 1 aromatic rings. The second kappa shape index (κ2) is 9.59. The molecule has 0 aromatic heterocycles. The van der Waals surface area contributed by atoms with Crippen molar-refractivity contribution in [2.24, 2.45) is 11.8 Å². The van der Waals surface area contributed by atoms with Crippen molar-refractivity contribution in [1.82, 2.24) is 4.90 Å². The standard InChI is InChI=1S/C25H38N2O3/c1-4-5-6-7-19-12-20-8-9-21(13-19)26(20)15-18(2)16-27-23-14-22(29-3)10-11-24(23)30-17-25(27)28/h10-11,14,18-21H,4-9,12-13,15-17H2,1-3H3/t18-,19?,20+,21?/m1/s1. The minimum atomic E-state index is 0.0419. The molecule has 1 aromatic carbocycles. The molecule has 0 saturated carbocycles. The third kappa shape index (κ3) is 4.61. The van der Waals surface area contributed by atoms with E-state index in [1.807, 2.05) is 23.1 Å². The van der Waals surface area contributed by atoms with Crippen LogP contribution in [0.2, 0.25) is 0 Å². The summed E-state index contributed by atoms with van der Waals surface area (Å²) in [5.74, 6) is 2.93. The Balaban J connectivity index is 1.37. The van der Waals surface area contributed by atoms with E-state index in [9.17, 15) is 4.79 Å². The first kappa shape index (κ1) is 21.5. The summed E-state index contributed by atoms with van der Waals surface area (Å²) in [7, 11) is 1.65. The normalized spacial score (nSPS) is 27.0. The number of ether oxygens (including phenoxy) is 2. The Morgan fingerprint density at radius 3 is 2.63 bits per heavy atom. The van der Waals surface area contributed by atoms with Crippen molar-refractivity contribution in [3.63, 3.8) is 0 Å². The maximum atomic E-state index is 12.6. The summed E-state index contributed by atoms with van der Waals surface area (Å²) in [6, 6.07) is 7.22. The van der Waals surface area contributed by atoms with Gasteiger partial charge in [-0.3, -0.25) is 9.69 Å². The molecular weight excluding hydrogens is 376 g/mol. The molecule has 3 aliphatic heterocycles. The van der Waals surface area contributed by atoms with E-state index in [0.29, 0.717) is 5.92 Å². The first-order valence-corrected chi connectivity index (χ1v) is 12.0. The molecular formula is C25H38N2O3. The molecule has 0 radical (unpaired) electrons. The first-order chi connectivity index (χ1) is 14.6. The highest BCUT2D eigenvalue weighted by atomic mass is 16.5. The van der Waals surface area contributed by atoms with Crippen LogP contribution >= 0.6 is 0 Å². The van der Waals surface area contributed by atoms with Crippen molar-refractivity contribution in [3.05, 3.63) is 18.2 Å². The number of carbonyl (C=O) groups is 1. The largest absolute Gasteiger partial charge is 0.497 e. The average Bonchev–Trinajstić information content (AvgIpc) is 2.97. The van der Waals surface area contributed by atoms with Crippen molar-refractivity contribution < 1.29 is 14.3 Å². The smallest absolute Gasteiger partial charge is 0.265 e. The summed E-state index contributed by atoms with van der Waals surface area (Å²) in [4.78, 5) is 17.3. The lowest BCUT2D eigenvalue weighted by molar-refractivity contribution is -0.121. The van der Waals surface area contributed by atoms with E-state index in [0.717, 1.165) is 48.3 Å². The molecule has 3 heterocycles. The predicted octanol–water partition coefficient (Wildman–Crippen LogP) is 4.88. The zero-order valence-electron chi connectivity index (χ0n) is 18.9. The van der Waals surface area contributed by atoms with Crippen LogP contribution < -0.4 is 14.4 Å². The fraction of sp³-hybridized carbons (Fsp3) is 0.720. The number of carbonyl (C=O) groups excluding carboxylic acids is 1. The number of hydrogen-bond donors (Lipinski definition) is 0. The monoisotopic (exact) mass is 414 g/mol. The molecule has 2 unspecified atom stereocenters. The SMILES string of the molecule is CCCCCC1CC2CC[C@@H](C1)N2C[C@@H](C)CN1C(=O)COc2ccc(OC)cc21. The highest BCUT2D eigenvalue weighted by molar-refractivity contribution is 5.98. The molecule has 2 fully saturated rings. The fourth-order valence-electron chi connectivity index (χ4n) is 5.84. The zero-order chi connectivity index (χ0) is 21.1. The van der Waals surface area contributed by atoms with E-state index >= 15 is 0 Å². The molecule has 5 heteroatoms. The van der Waals surface area contributed by atoms with Gasteiger partial charge in [0.25, 0.3) is 5.91 Å². The Bertz CT molecular complexity index is 723. The maximum Gasteiger partial charge on any atom is 0.265 e. The minimum absolute atomic E-state index is 0.0419. The van der Waals surface area contributed by atoms with Crippen molar-refractivity contribution in [2.75, 3.05) is 31.7 Å². The fourth-order valence-corrected chi connectivity index (χ4v) is 5.84. The van der Waals surface area contributed by atoms with Gasteiger partial charge in [-0.2, -0.15) is 0 Å². The lowest BCUT2D eigenvalue weighted by Crippen LogP contribution is -2.48. The average molecular weight is 415 g/mol. The van der Waals surface area contributed by atoms with Crippen LogP contribution in [0.15, 0.2) is 18.2 Å². The number of rotatable bonds is 9. The molecule has 166 valence electrons. The van der Waals surface area contributed by atoms with Gasteiger partial charge in [0.05, 0.1) is 12.8 Å². The van der Waals surface area contributed by atoms with Gasteiger partial charge >= 0.3 is 0 Å². The van der Waals surface area contributed by atoms with Gasteiger partial charge in [-0.25, -0.2) is 0 Å². The minimum Gasteiger partial charge on any atom is -0.497 e. The summed E-state index contributed by atoms with van der Waals surface area (Å²) in [5, 5.41) is 0. The summed E-state index contributed by atoms with van der Waals surface area (Å²) < 4.78 is 11.0. The van der Waals surface area contributed by atoms with Crippen LogP contribution in [0.25, 0.3) is 0 Å². The molecule has 0 aliphatic carbocycles. The Labute approximate surface area is 181 Å². The van der Waals surface area contributed by atoms with E-state index in [2.05, 4.69) is 18.7 Å². The van der Waals surface area contributed by atoms with E-state index in [-0.39, 0.29) is 12.5 Å². The van der Waals surface area contributed by atoms with E-state index in [1.165, 1.54) is 51.4 Å². The molecule has 1 amide bonds. The highest BCUT2D eigenvalue weighted by Gasteiger charge is 2.41. The van der Waals surface area contributed by atoms with Crippen LogP contribution in [-0.2, 0) is 4.79 Å². The molecule has 4 rings (SSSR count). The van der Waals surface area contributed by atoms with Crippen LogP contribution in [-0.4, -0.2) is 49.7 Å². The molecule has 2 saturated heterocycles. The lowest BCUT2D eigenvalue weighted by Gasteiger charge is -2.41. The van der Waals surface area contributed by atoms with Gasteiger partial charge in [0.2, 0.25) is 0 Å². The molecule has 3 aliphatic rings. The number of piperidine rings is 1. The van der Waals surface area contributed by atoms with Gasteiger partial charge in [-0.1, -0.05) is 39.5 Å². The van der Waals surface area contributed by atoms with Crippen LogP contribution in [0.5, 0.6) is 11.5 Å². The maximum absolute atomic E-state index is 12.6. The highest BCUT2D eigenvalue weighted by Crippen LogP contribution is 2.41. The Hall–Kier alpha value is -1.75. The molecule has 0 N–H and O–H groups in total. The number of nitrogens with zero attached hydrogens (tertiary/aromatic N) is 2. The van der Waals surface area contributed by atoms with Gasteiger partial charge in [-0.05, 0) is 49.7 Å². The Morgan fingerprint density at radius 1 is 1.17 bits per heavy atom. The van der Waals surface area contributed by atoms with Gasteiger partial charge in [0.1, 0.15) is 11.5 Å². The number of benzene rings is 1. The van der Waals surface area contributed by atoms with Crippen LogP contribution in [0.1, 0.15) is 65.2 Å². The van der Waals surface area contributed by atoms with Gasteiger partial charge in [0.15, 0.2) is 6.61 Å². The third-order valence-electron chi connectivity index (χ3n) is 7.32. The van der Waals surface area contributed by atoms with Gasteiger partial charge in [0, 0.05) is 31.2 Å². The second-order valence-electron chi connectivity index (χ2n) is 9.65. The quantitative estimate of drug-likeness (QED) is 0.540. The third-order valence-corrected chi connectivity index (χ3v) is 7.32. The molecule has 2 bridgehead atoms. The van der Waals surface area contributed by atoms with E-state index < -0.39 is 0 Å². The molecule has 5 nitrogen and oxygen atoms in total. The molecule has 0 spiro atoms. The number of amides is 1. The summed E-state index contributed by atoms with van der Waals surface area (Å²) >= 11 is 0. The Morgan fingerprint density at radius 2 is 1.93 bits per heavy atom. The van der Waals surface area contributed by atoms with Crippen molar-refractivity contribution in [3.8, 4) is 11.5 Å². The van der Waals surface area contributed by atoms with E-state index in [4.69, 9.17) is 9.47 Å². The molecule has 4 atom stereocenters. The number of hydrogen-bond acceptors (Lipinski definition) is 4. The van der Waals surface area contributed by atoms with Crippen LogP contribution in [0, 0.1) is 11.8 Å². The number of methoxy groups -OCH3 is 1. The predicted molar refractivity (Wildman–Crippen MR) is 120 cm³/mol. The van der Waals surface area contributed by atoms with Crippen LogP contribution in [0.4, 0.5) is 5.69 Å². The second-order valence-corrected chi connectivity index (χ2v) is 9.65. The number of unbranched alkanes of at least 4 members (excludes halogenated alkanes) is 2. The number of anilines is 1.